The molecule has 0 aromatic heterocycles. The number of benzene rings is 1. The summed E-state index contributed by atoms with van der Waals surface area (Å²) < 4.78 is 5.57. The lowest BCUT2D eigenvalue weighted by Gasteiger charge is -2.11. The summed E-state index contributed by atoms with van der Waals surface area (Å²) in [6.45, 7) is 6.12. The van der Waals surface area contributed by atoms with Crippen molar-refractivity contribution in [3.63, 3.8) is 0 Å². The van der Waals surface area contributed by atoms with Crippen LogP contribution in [0.3, 0.4) is 0 Å². The largest absolute Gasteiger partial charge is 0.381 e. The lowest BCUT2D eigenvalue weighted by atomic mass is 10.0. The van der Waals surface area contributed by atoms with E-state index in [0.717, 1.165) is 19.6 Å². The van der Waals surface area contributed by atoms with Crippen LogP contribution in [0.2, 0.25) is 0 Å². The molecule has 0 radical (unpaired) electrons. The molecule has 0 saturated heterocycles. The van der Waals surface area contributed by atoms with Crippen molar-refractivity contribution in [2.24, 2.45) is 0 Å². The van der Waals surface area contributed by atoms with Crippen LogP contribution in [0.25, 0.3) is 0 Å². The molecular formula is C12H16OS. The van der Waals surface area contributed by atoms with Gasteiger partial charge in [-0.05, 0) is 18.1 Å². The highest BCUT2D eigenvalue weighted by Crippen LogP contribution is 2.52. The van der Waals surface area contributed by atoms with E-state index in [9.17, 15) is 0 Å². The van der Waals surface area contributed by atoms with Gasteiger partial charge in [-0.3, -0.25) is 0 Å². The molecule has 1 unspecified atom stereocenters. The third kappa shape index (κ3) is 2.12. The first-order chi connectivity index (χ1) is 6.83. The van der Waals surface area contributed by atoms with E-state index in [4.69, 9.17) is 4.74 Å². The maximum atomic E-state index is 5.57. The van der Waals surface area contributed by atoms with Crippen molar-refractivity contribution in [2.75, 3.05) is 13.2 Å². The van der Waals surface area contributed by atoms with Gasteiger partial charge in [0.05, 0.1) is 6.61 Å². The number of rotatable bonds is 5. The van der Waals surface area contributed by atoms with Crippen molar-refractivity contribution in [2.45, 2.75) is 36.0 Å². The Morgan fingerprint density at radius 2 is 2.29 bits per heavy atom. The second-order valence-corrected chi connectivity index (χ2v) is 4.80. The number of fused-ring (bicyclic) bond motifs is 1. The van der Waals surface area contributed by atoms with Crippen LogP contribution >= 0.6 is 11.8 Å². The minimum Gasteiger partial charge on any atom is -0.381 e. The fourth-order valence-electron chi connectivity index (χ4n) is 1.59. The highest BCUT2D eigenvalue weighted by Gasteiger charge is 2.24. The van der Waals surface area contributed by atoms with Gasteiger partial charge in [-0.25, -0.2) is 0 Å². The first-order valence-electron chi connectivity index (χ1n) is 5.21. The average Bonchev–Trinajstić information content (AvgIpc) is 2.96. The van der Waals surface area contributed by atoms with E-state index < -0.39 is 0 Å². The summed E-state index contributed by atoms with van der Waals surface area (Å²) in [6, 6.07) is 6.55. The van der Waals surface area contributed by atoms with E-state index in [0.29, 0.717) is 5.92 Å². The average molecular weight is 208 g/mol. The Morgan fingerprint density at radius 3 is 3.07 bits per heavy atom. The van der Waals surface area contributed by atoms with Gasteiger partial charge in [0.25, 0.3) is 0 Å². The third-order valence-corrected chi connectivity index (χ3v) is 3.44. The van der Waals surface area contributed by atoms with Crippen LogP contribution in [-0.4, -0.2) is 13.2 Å². The van der Waals surface area contributed by atoms with Gasteiger partial charge in [-0.1, -0.05) is 37.7 Å². The van der Waals surface area contributed by atoms with Gasteiger partial charge in [-0.15, -0.1) is 0 Å². The van der Waals surface area contributed by atoms with E-state index in [1.54, 1.807) is 0 Å². The smallest absolute Gasteiger partial charge is 0.0532 e. The molecule has 0 amide bonds. The van der Waals surface area contributed by atoms with E-state index in [1.807, 2.05) is 11.8 Å². The number of hydrogen-bond acceptors (Lipinski definition) is 2. The normalized spacial score (nSPS) is 15.0. The van der Waals surface area contributed by atoms with Crippen molar-refractivity contribution in [1.82, 2.24) is 0 Å². The molecule has 14 heavy (non-hydrogen) atoms. The molecule has 0 N–H and O–H groups in total. The maximum absolute atomic E-state index is 5.57. The first-order valence-corrected chi connectivity index (χ1v) is 6.03. The van der Waals surface area contributed by atoms with Crippen LogP contribution in [0.1, 0.15) is 31.7 Å². The number of hydrogen-bond donors (Lipinski definition) is 0. The van der Waals surface area contributed by atoms with E-state index in [2.05, 4.69) is 32.0 Å². The van der Waals surface area contributed by atoms with Crippen LogP contribution in [0.5, 0.6) is 0 Å². The molecule has 1 aliphatic rings. The van der Waals surface area contributed by atoms with Crippen molar-refractivity contribution < 1.29 is 4.74 Å². The molecule has 0 aliphatic carbocycles. The fourth-order valence-corrected chi connectivity index (χ4v) is 2.48. The summed E-state index contributed by atoms with van der Waals surface area (Å²) in [5, 5.41) is 0. The quantitative estimate of drug-likeness (QED) is 0.547. The monoisotopic (exact) mass is 208 g/mol. The maximum Gasteiger partial charge on any atom is 0.0532 e. The van der Waals surface area contributed by atoms with Gasteiger partial charge < -0.3 is 4.74 Å². The molecule has 1 atom stereocenters. The minimum atomic E-state index is 0.534. The second kappa shape index (κ2) is 4.37. The van der Waals surface area contributed by atoms with Crippen LogP contribution in [0.15, 0.2) is 28.0 Å². The van der Waals surface area contributed by atoms with Gasteiger partial charge in [-0.2, -0.15) is 0 Å². The summed E-state index contributed by atoms with van der Waals surface area (Å²) in [5.74, 6) is 0.534. The van der Waals surface area contributed by atoms with Crippen LogP contribution in [0.4, 0.5) is 0 Å². The highest BCUT2D eigenvalue weighted by atomic mass is 32.2. The molecule has 0 spiro atoms. The second-order valence-electron chi connectivity index (χ2n) is 3.75. The first kappa shape index (κ1) is 10.1. The van der Waals surface area contributed by atoms with E-state index in [1.165, 1.54) is 15.4 Å². The molecule has 2 rings (SSSR count). The Balaban J connectivity index is 1.92. The van der Waals surface area contributed by atoms with Crippen molar-refractivity contribution in [3.8, 4) is 0 Å². The van der Waals surface area contributed by atoms with Crippen molar-refractivity contribution in [3.05, 3.63) is 23.8 Å². The molecule has 2 heteroatoms. The number of ether oxygens (including phenoxy) is 1. The summed E-state index contributed by atoms with van der Waals surface area (Å²) in [7, 11) is 0. The lowest BCUT2D eigenvalue weighted by molar-refractivity contribution is 0.123. The molecule has 1 nitrogen and oxygen atoms in total. The molecular weight excluding hydrogens is 192 g/mol. The van der Waals surface area contributed by atoms with Gasteiger partial charge in [0, 0.05) is 22.3 Å². The molecule has 1 aromatic carbocycles. The summed E-state index contributed by atoms with van der Waals surface area (Å²) in [4.78, 5) is 2.94. The van der Waals surface area contributed by atoms with Gasteiger partial charge in [0.1, 0.15) is 0 Å². The Kier molecular flexibility index (Phi) is 3.14. The predicted molar refractivity (Wildman–Crippen MR) is 60.1 cm³/mol. The third-order valence-electron chi connectivity index (χ3n) is 2.43. The zero-order chi connectivity index (χ0) is 9.97. The van der Waals surface area contributed by atoms with E-state index in [-0.39, 0.29) is 0 Å². The fraction of sp³-hybridized carbons (Fsp3) is 0.500. The zero-order valence-electron chi connectivity index (χ0n) is 8.75. The van der Waals surface area contributed by atoms with Crippen molar-refractivity contribution >= 4 is 11.8 Å². The molecule has 0 bridgehead atoms. The van der Waals surface area contributed by atoms with Gasteiger partial charge in [0.15, 0.2) is 0 Å². The molecule has 0 fully saturated rings. The van der Waals surface area contributed by atoms with Crippen LogP contribution in [-0.2, 0) is 4.74 Å². The van der Waals surface area contributed by atoms with E-state index >= 15 is 0 Å². The SMILES string of the molecule is CCCOCC(C)c1cccc2c1S2. The zero-order valence-corrected chi connectivity index (χ0v) is 9.56. The molecule has 1 aromatic rings. The lowest BCUT2D eigenvalue weighted by Crippen LogP contribution is -2.04. The Labute approximate surface area is 89.9 Å². The Hall–Kier alpha value is -0.470. The molecule has 1 aliphatic heterocycles. The predicted octanol–water partition coefficient (Wildman–Crippen LogP) is 3.68. The Morgan fingerprint density at radius 1 is 1.43 bits per heavy atom. The summed E-state index contributed by atoms with van der Waals surface area (Å²) in [6.07, 6.45) is 1.11. The molecule has 76 valence electrons. The molecule has 0 saturated carbocycles. The minimum absolute atomic E-state index is 0.534. The van der Waals surface area contributed by atoms with Gasteiger partial charge >= 0.3 is 0 Å². The van der Waals surface area contributed by atoms with Crippen LogP contribution < -0.4 is 0 Å². The standard InChI is InChI=1S/C12H16OS/c1-3-7-13-8-9(2)10-5-4-6-11-12(10)14-11/h4-6,9H,3,7-8H2,1-2H3. The Bertz CT molecular complexity index is 322. The molecule has 1 heterocycles. The summed E-state index contributed by atoms with van der Waals surface area (Å²) >= 11 is 1.90. The topological polar surface area (TPSA) is 9.23 Å². The highest BCUT2D eigenvalue weighted by molar-refractivity contribution is 8.05. The van der Waals surface area contributed by atoms with Crippen LogP contribution in [0, 0.1) is 0 Å². The van der Waals surface area contributed by atoms with Gasteiger partial charge in [0.2, 0.25) is 0 Å². The summed E-state index contributed by atoms with van der Waals surface area (Å²) in [5.41, 5.74) is 1.46. The van der Waals surface area contributed by atoms with Crippen molar-refractivity contribution in [1.29, 1.82) is 0 Å².